The lowest BCUT2D eigenvalue weighted by atomic mass is 9.98. The lowest BCUT2D eigenvalue weighted by Crippen LogP contribution is -2.24. The van der Waals surface area contributed by atoms with Crippen LogP contribution in [0.4, 0.5) is 0 Å². The minimum absolute atomic E-state index is 0.542. The van der Waals surface area contributed by atoms with Crippen molar-refractivity contribution in [2.75, 3.05) is 0 Å². The normalized spacial score (nSPS) is 13.0. The average Bonchev–Trinajstić information content (AvgIpc) is 3.21. The zero-order chi connectivity index (χ0) is 21.5. The van der Waals surface area contributed by atoms with Gasteiger partial charge in [-0.3, -0.25) is 4.99 Å². The molecule has 0 saturated carbocycles. The Morgan fingerprint density at radius 1 is 1.03 bits per heavy atom. The maximum Gasteiger partial charge on any atom is 0.132 e. The first-order valence-corrected chi connectivity index (χ1v) is 11.4. The van der Waals surface area contributed by atoms with Crippen LogP contribution in [0.15, 0.2) is 62.4 Å². The molecule has 3 heteroatoms. The average molecular weight is 399 g/mol. The minimum Gasteiger partial charge on any atom is -0.467 e. The van der Waals surface area contributed by atoms with Crippen LogP contribution in [-0.2, 0) is 6.54 Å². The van der Waals surface area contributed by atoms with Crippen molar-refractivity contribution in [2.45, 2.75) is 99.5 Å². The number of amidine groups is 1. The number of rotatable bonds is 13. The summed E-state index contributed by atoms with van der Waals surface area (Å²) < 4.78 is 5.50. The first-order chi connectivity index (χ1) is 14.0. The molecule has 1 heterocycles. The Bertz CT molecular complexity index is 686. The van der Waals surface area contributed by atoms with Gasteiger partial charge in [-0.2, -0.15) is 0 Å². The van der Waals surface area contributed by atoms with Gasteiger partial charge in [0.05, 0.1) is 12.8 Å². The van der Waals surface area contributed by atoms with Crippen molar-refractivity contribution in [1.82, 2.24) is 5.32 Å². The molecule has 0 saturated heterocycles. The van der Waals surface area contributed by atoms with Crippen LogP contribution >= 0.6 is 0 Å². The lowest BCUT2D eigenvalue weighted by molar-refractivity contribution is 0.512. The highest BCUT2D eigenvalue weighted by atomic mass is 16.3. The summed E-state index contributed by atoms with van der Waals surface area (Å²) >= 11 is 0. The molecule has 162 valence electrons. The molecule has 1 N–H and O–H groups in total. The second kappa shape index (κ2) is 14.9. The van der Waals surface area contributed by atoms with E-state index in [4.69, 9.17) is 9.41 Å². The highest BCUT2D eigenvalue weighted by molar-refractivity contribution is 6.02. The van der Waals surface area contributed by atoms with Crippen molar-refractivity contribution in [2.24, 2.45) is 4.99 Å². The standard InChI is InChI=1S/C26H42N2O/c1-7-10-12-16-23(14-9-3)19-25(21(4)5)26(28-22(6)15-11-8-2)27-20-24-17-13-18-29-24/h13,15,17-19H,7-12,14,16,20H2,1-6H3,(H,27,28)/b22-15+,23-19+. The minimum atomic E-state index is 0.542. The molecule has 29 heavy (non-hydrogen) atoms. The number of aliphatic imine (C=N–C) groups is 1. The van der Waals surface area contributed by atoms with Gasteiger partial charge >= 0.3 is 0 Å². The molecule has 0 bridgehead atoms. The third-order valence-corrected chi connectivity index (χ3v) is 4.84. The van der Waals surface area contributed by atoms with E-state index in [2.05, 4.69) is 59.0 Å². The van der Waals surface area contributed by atoms with Crippen LogP contribution in [0.3, 0.4) is 0 Å². The zero-order valence-electron chi connectivity index (χ0n) is 19.6. The molecule has 3 nitrogen and oxygen atoms in total. The topological polar surface area (TPSA) is 37.5 Å². The van der Waals surface area contributed by atoms with Gasteiger partial charge in [-0.25, -0.2) is 0 Å². The van der Waals surface area contributed by atoms with Crippen LogP contribution in [0, 0.1) is 0 Å². The zero-order valence-corrected chi connectivity index (χ0v) is 19.6. The van der Waals surface area contributed by atoms with E-state index in [0.717, 1.165) is 36.6 Å². The number of furan rings is 1. The number of hydrogen-bond donors (Lipinski definition) is 1. The van der Waals surface area contributed by atoms with Crippen molar-refractivity contribution >= 4 is 5.84 Å². The fourth-order valence-corrected chi connectivity index (χ4v) is 3.20. The van der Waals surface area contributed by atoms with Gasteiger partial charge in [-0.15, -0.1) is 0 Å². The van der Waals surface area contributed by atoms with E-state index < -0.39 is 0 Å². The van der Waals surface area contributed by atoms with Gasteiger partial charge in [-0.1, -0.05) is 69.8 Å². The molecule has 0 aliphatic heterocycles. The van der Waals surface area contributed by atoms with E-state index in [9.17, 15) is 0 Å². The maximum atomic E-state index is 5.50. The number of unbranched alkanes of at least 4 members (excludes halogenated alkanes) is 3. The largest absolute Gasteiger partial charge is 0.467 e. The van der Waals surface area contributed by atoms with Crippen LogP contribution in [0.25, 0.3) is 0 Å². The van der Waals surface area contributed by atoms with Crippen molar-refractivity contribution in [3.63, 3.8) is 0 Å². The van der Waals surface area contributed by atoms with E-state index >= 15 is 0 Å². The summed E-state index contributed by atoms with van der Waals surface area (Å²) in [6.45, 7) is 13.7. The Balaban J connectivity index is 3.20. The summed E-state index contributed by atoms with van der Waals surface area (Å²) in [5.41, 5.74) is 5.17. The third kappa shape index (κ3) is 10.3. The van der Waals surface area contributed by atoms with Crippen LogP contribution in [0.2, 0.25) is 0 Å². The number of nitrogens with one attached hydrogen (secondary N) is 1. The Morgan fingerprint density at radius 3 is 2.41 bits per heavy atom. The number of hydrogen-bond acceptors (Lipinski definition) is 2. The molecule has 0 amide bonds. The number of allylic oxidation sites excluding steroid dienone is 4. The van der Waals surface area contributed by atoms with Gasteiger partial charge in [-0.05, 0) is 58.6 Å². The van der Waals surface area contributed by atoms with Gasteiger partial charge in [0.2, 0.25) is 0 Å². The van der Waals surface area contributed by atoms with Crippen molar-refractivity contribution in [3.8, 4) is 0 Å². The van der Waals surface area contributed by atoms with Crippen LogP contribution < -0.4 is 5.32 Å². The van der Waals surface area contributed by atoms with E-state index in [1.165, 1.54) is 48.8 Å². The monoisotopic (exact) mass is 398 g/mol. The summed E-state index contributed by atoms with van der Waals surface area (Å²) in [7, 11) is 0. The second-order valence-corrected chi connectivity index (χ2v) is 7.97. The molecule has 0 atom stereocenters. The van der Waals surface area contributed by atoms with E-state index in [-0.39, 0.29) is 0 Å². The van der Waals surface area contributed by atoms with Gasteiger partial charge in [0.25, 0.3) is 0 Å². The van der Waals surface area contributed by atoms with E-state index in [1.807, 2.05) is 12.1 Å². The van der Waals surface area contributed by atoms with Crippen LogP contribution in [0.5, 0.6) is 0 Å². The summed E-state index contributed by atoms with van der Waals surface area (Å²) in [6, 6.07) is 3.89. The lowest BCUT2D eigenvalue weighted by Gasteiger charge is -2.16. The summed E-state index contributed by atoms with van der Waals surface area (Å²) in [5.74, 6) is 1.82. The maximum absolute atomic E-state index is 5.50. The molecular weight excluding hydrogens is 356 g/mol. The fourth-order valence-electron chi connectivity index (χ4n) is 3.20. The second-order valence-electron chi connectivity index (χ2n) is 7.97. The fraction of sp³-hybridized carbons (Fsp3) is 0.577. The smallest absolute Gasteiger partial charge is 0.132 e. The Morgan fingerprint density at radius 2 is 1.83 bits per heavy atom. The Kier molecular flexibility index (Phi) is 12.8. The molecule has 0 aliphatic carbocycles. The predicted octanol–water partition coefficient (Wildman–Crippen LogP) is 8.11. The SMILES string of the molecule is CCC/C=C(\C)NC(=NCc1ccco1)C(/C=C(\CCC)CCCCC)=C(C)C. The predicted molar refractivity (Wildman–Crippen MR) is 127 cm³/mol. The molecule has 0 spiro atoms. The highest BCUT2D eigenvalue weighted by Gasteiger charge is 2.10. The molecule has 0 aliphatic rings. The van der Waals surface area contributed by atoms with Gasteiger partial charge in [0.1, 0.15) is 11.6 Å². The van der Waals surface area contributed by atoms with Gasteiger partial charge in [0.15, 0.2) is 0 Å². The van der Waals surface area contributed by atoms with Crippen molar-refractivity contribution in [1.29, 1.82) is 0 Å². The first kappa shape index (κ1) is 25.0. The molecule has 0 unspecified atom stereocenters. The molecule has 0 aromatic carbocycles. The van der Waals surface area contributed by atoms with Gasteiger partial charge in [0, 0.05) is 11.3 Å². The van der Waals surface area contributed by atoms with Crippen LogP contribution in [0.1, 0.15) is 98.7 Å². The van der Waals surface area contributed by atoms with Crippen molar-refractivity contribution in [3.05, 3.63) is 58.7 Å². The quantitative estimate of drug-likeness (QED) is 0.158. The third-order valence-electron chi connectivity index (χ3n) is 4.84. The number of nitrogens with zero attached hydrogens (tertiary/aromatic N) is 1. The molecule has 1 aromatic heterocycles. The van der Waals surface area contributed by atoms with E-state index in [0.29, 0.717) is 6.54 Å². The molecule has 0 fully saturated rings. The van der Waals surface area contributed by atoms with Crippen molar-refractivity contribution < 1.29 is 4.42 Å². The summed E-state index contributed by atoms with van der Waals surface area (Å²) in [4.78, 5) is 4.91. The summed E-state index contributed by atoms with van der Waals surface area (Å²) in [5, 5.41) is 3.58. The highest BCUT2D eigenvalue weighted by Crippen LogP contribution is 2.20. The summed E-state index contributed by atoms with van der Waals surface area (Å²) in [6.07, 6.45) is 15.9. The molecule has 1 aromatic rings. The van der Waals surface area contributed by atoms with Gasteiger partial charge < -0.3 is 9.73 Å². The Labute approximate surface area is 179 Å². The first-order valence-electron chi connectivity index (χ1n) is 11.4. The van der Waals surface area contributed by atoms with E-state index in [1.54, 1.807) is 6.26 Å². The molecule has 1 rings (SSSR count). The van der Waals surface area contributed by atoms with Crippen LogP contribution in [-0.4, -0.2) is 5.84 Å². The molecular formula is C26H42N2O. The molecule has 0 radical (unpaired) electrons. The Hall–Kier alpha value is -2.03.